The molecule has 0 bridgehead atoms. The smallest absolute Gasteiger partial charge is 0.272 e. The Morgan fingerprint density at radius 3 is 2.68 bits per heavy atom. The predicted octanol–water partition coefficient (Wildman–Crippen LogP) is 3.60. The van der Waals surface area contributed by atoms with E-state index in [1.165, 1.54) is 11.1 Å². The molecule has 6 heteroatoms. The second-order valence-electron chi connectivity index (χ2n) is 6.75. The Morgan fingerprint density at radius 2 is 1.86 bits per heavy atom. The van der Waals surface area contributed by atoms with E-state index in [0.717, 1.165) is 6.42 Å². The molecule has 0 atom stereocenters. The first-order valence-corrected chi connectivity index (χ1v) is 9.12. The minimum absolute atomic E-state index is 0.114. The molecule has 4 rings (SSSR count). The highest BCUT2D eigenvalue weighted by atomic mass is 16.2. The summed E-state index contributed by atoms with van der Waals surface area (Å²) in [5.74, 6) is 0.195. The van der Waals surface area contributed by atoms with Gasteiger partial charge in [0, 0.05) is 18.8 Å². The number of carbonyl (C=O) groups is 1. The van der Waals surface area contributed by atoms with Gasteiger partial charge in [-0.25, -0.2) is 9.97 Å². The highest BCUT2D eigenvalue weighted by Gasteiger charge is 2.23. The SMILES string of the molecule is Cc1cc(C(=O)N2CCc3ccccc3C2)nc(Nc2ccccc2C#N)n1. The summed E-state index contributed by atoms with van der Waals surface area (Å²) in [7, 11) is 0. The summed E-state index contributed by atoms with van der Waals surface area (Å²) in [6, 6.07) is 19.2. The number of aromatic nitrogens is 2. The van der Waals surface area contributed by atoms with Crippen molar-refractivity contribution in [1.82, 2.24) is 14.9 Å². The van der Waals surface area contributed by atoms with Crippen LogP contribution in [0.3, 0.4) is 0 Å². The molecule has 1 aromatic heterocycles. The van der Waals surface area contributed by atoms with Crippen LogP contribution >= 0.6 is 0 Å². The zero-order valence-electron chi connectivity index (χ0n) is 15.5. The van der Waals surface area contributed by atoms with Crippen LogP contribution in [0.1, 0.15) is 32.9 Å². The Labute approximate surface area is 163 Å². The quantitative estimate of drug-likeness (QED) is 0.763. The molecule has 1 aliphatic heterocycles. The van der Waals surface area contributed by atoms with Gasteiger partial charge in [-0.1, -0.05) is 36.4 Å². The van der Waals surface area contributed by atoms with Crippen molar-refractivity contribution in [1.29, 1.82) is 5.26 Å². The van der Waals surface area contributed by atoms with E-state index < -0.39 is 0 Å². The number of fused-ring (bicyclic) bond motifs is 1. The third-order valence-electron chi connectivity index (χ3n) is 4.79. The first-order valence-electron chi connectivity index (χ1n) is 9.12. The molecule has 1 amide bonds. The molecule has 0 aliphatic carbocycles. The standard InChI is InChI=1S/C22H19N5O/c1-15-12-20(21(28)27-11-10-16-6-2-3-8-18(16)14-27)26-22(24-15)25-19-9-5-4-7-17(19)13-23/h2-9,12H,10-11,14H2,1H3,(H,24,25,26). The zero-order chi connectivity index (χ0) is 19.5. The number of rotatable bonds is 3. The van der Waals surface area contributed by atoms with Gasteiger partial charge in [0.1, 0.15) is 11.8 Å². The molecule has 0 saturated carbocycles. The number of nitrogens with one attached hydrogen (secondary N) is 1. The van der Waals surface area contributed by atoms with Crippen molar-refractivity contribution < 1.29 is 4.79 Å². The fourth-order valence-corrected chi connectivity index (χ4v) is 3.38. The van der Waals surface area contributed by atoms with Crippen molar-refractivity contribution in [3.63, 3.8) is 0 Å². The second kappa shape index (κ2) is 7.49. The average molecular weight is 369 g/mol. The molecule has 138 valence electrons. The number of carbonyl (C=O) groups excluding carboxylic acids is 1. The predicted molar refractivity (Wildman–Crippen MR) is 106 cm³/mol. The van der Waals surface area contributed by atoms with E-state index in [4.69, 9.17) is 0 Å². The maximum absolute atomic E-state index is 13.0. The van der Waals surface area contributed by atoms with Crippen molar-refractivity contribution in [3.8, 4) is 6.07 Å². The second-order valence-corrected chi connectivity index (χ2v) is 6.75. The zero-order valence-corrected chi connectivity index (χ0v) is 15.5. The van der Waals surface area contributed by atoms with Gasteiger partial charge in [0.25, 0.3) is 5.91 Å². The molecule has 1 N–H and O–H groups in total. The van der Waals surface area contributed by atoms with Gasteiger partial charge in [-0.2, -0.15) is 5.26 Å². The Balaban J connectivity index is 1.59. The molecule has 0 fully saturated rings. The average Bonchev–Trinajstić information content (AvgIpc) is 2.73. The minimum Gasteiger partial charge on any atom is -0.333 e. The molecule has 2 heterocycles. The number of amides is 1. The Morgan fingerprint density at radius 1 is 1.11 bits per heavy atom. The third-order valence-corrected chi connectivity index (χ3v) is 4.79. The fraction of sp³-hybridized carbons (Fsp3) is 0.182. The Hall–Kier alpha value is -3.72. The van der Waals surface area contributed by atoms with E-state index >= 15 is 0 Å². The number of benzene rings is 2. The lowest BCUT2D eigenvalue weighted by Crippen LogP contribution is -2.36. The van der Waals surface area contributed by atoms with Crippen LogP contribution < -0.4 is 5.32 Å². The van der Waals surface area contributed by atoms with E-state index in [1.54, 1.807) is 24.3 Å². The van der Waals surface area contributed by atoms with Crippen LogP contribution in [0.15, 0.2) is 54.6 Å². The molecule has 1 aliphatic rings. The molecule has 3 aromatic rings. The molecule has 0 unspecified atom stereocenters. The highest BCUT2D eigenvalue weighted by Crippen LogP contribution is 2.22. The topological polar surface area (TPSA) is 81.9 Å². The fourth-order valence-electron chi connectivity index (χ4n) is 3.38. The largest absolute Gasteiger partial charge is 0.333 e. The van der Waals surface area contributed by atoms with E-state index in [-0.39, 0.29) is 5.91 Å². The number of anilines is 2. The maximum atomic E-state index is 13.0. The van der Waals surface area contributed by atoms with Crippen molar-refractivity contribution in [2.24, 2.45) is 0 Å². The minimum atomic E-state index is -0.114. The number of nitriles is 1. The highest BCUT2D eigenvalue weighted by molar-refractivity contribution is 5.93. The molecule has 0 radical (unpaired) electrons. The number of para-hydroxylation sites is 1. The van der Waals surface area contributed by atoms with Crippen LogP contribution in [0.25, 0.3) is 0 Å². The number of nitrogens with zero attached hydrogens (tertiary/aromatic N) is 4. The van der Waals surface area contributed by atoms with Gasteiger partial charge in [0.15, 0.2) is 0 Å². The number of aryl methyl sites for hydroxylation is 1. The van der Waals surface area contributed by atoms with E-state index in [0.29, 0.717) is 41.7 Å². The van der Waals surface area contributed by atoms with Gasteiger partial charge in [-0.15, -0.1) is 0 Å². The van der Waals surface area contributed by atoms with Crippen LogP contribution in [-0.4, -0.2) is 27.3 Å². The summed E-state index contributed by atoms with van der Waals surface area (Å²) < 4.78 is 0. The lowest BCUT2D eigenvalue weighted by molar-refractivity contribution is 0.0728. The molecule has 28 heavy (non-hydrogen) atoms. The number of hydrogen-bond acceptors (Lipinski definition) is 5. The van der Waals surface area contributed by atoms with Gasteiger partial charge in [0.05, 0.1) is 11.3 Å². The molecule has 0 spiro atoms. The van der Waals surface area contributed by atoms with Gasteiger partial charge < -0.3 is 10.2 Å². The maximum Gasteiger partial charge on any atom is 0.272 e. The summed E-state index contributed by atoms with van der Waals surface area (Å²) >= 11 is 0. The van der Waals surface area contributed by atoms with Crippen molar-refractivity contribution in [2.45, 2.75) is 19.9 Å². The lowest BCUT2D eigenvalue weighted by Gasteiger charge is -2.28. The Kier molecular flexibility index (Phi) is 4.73. The van der Waals surface area contributed by atoms with Gasteiger partial charge in [0.2, 0.25) is 5.95 Å². The van der Waals surface area contributed by atoms with Crippen LogP contribution in [0, 0.1) is 18.3 Å². The number of hydrogen-bond donors (Lipinski definition) is 1. The summed E-state index contributed by atoms with van der Waals surface area (Å²) in [5.41, 5.74) is 4.61. The summed E-state index contributed by atoms with van der Waals surface area (Å²) in [4.78, 5) is 23.6. The van der Waals surface area contributed by atoms with Crippen LogP contribution in [-0.2, 0) is 13.0 Å². The molecule has 0 saturated heterocycles. The Bertz CT molecular complexity index is 1090. The van der Waals surface area contributed by atoms with Crippen molar-refractivity contribution in [3.05, 3.63) is 82.7 Å². The molecular weight excluding hydrogens is 350 g/mol. The van der Waals surface area contributed by atoms with Gasteiger partial charge >= 0.3 is 0 Å². The van der Waals surface area contributed by atoms with E-state index in [9.17, 15) is 10.1 Å². The molecular formula is C22H19N5O. The molecule has 6 nitrogen and oxygen atoms in total. The van der Waals surface area contributed by atoms with E-state index in [2.05, 4.69) is 33.5 Å². The van der Waals surface area contributed by atoms with E-state index in [1.807, 2.05) is 30.0 Å². The van der Waals surface area contributed by atoms with Gasteiger partial charge in [-0.05, 0) is 42.7 Å². The van der Waals surface area contributed by atoms with Crippen molar-refractivity contribution in [2.75, 3.05) is 11.9 Å². The first kappa shape index (κ1) is 17.7. The van der Waals surface area contributed by atoms with Crippen LogP contribution in [0.5, 0.6) is 0 Å². The lowest BCUT2D eigenvalue weighted by atomic mass is 10.00. The van der Waals surface area contributed by atoms with Crippen LogP contribution in [0.4, 0.5) is 11.6 Å². The van der Waals surface area contributed by atoms with Gasteiger partial charge in [-0.3, -0.25) is 4.79 Å². The third kappa shape index (κ3) is 3.55. The molecule has 2 aromatic carbocycles. The van der Waals surface area contributed by atoms with Crippen LogP contribution in [0.2, 0.25) is 0 Å². The normalized spacial score (nSPS) is 12.8. The van der Waals surface area contributed by atoms with Crippen molar-refractivity contribution >= 4 is 17.5 Å². The first-order chi connectivity index (χ1) is 13.6. The monoisotopic (exact) mass is 369 g/mol. The summed E-state index contributed by atoms with van der Waals surface area (Å²) in [6.07, 6.45) is 0.840. The summed E-state index contributed by atoms with van der Waals surface area (Å²) in [5, 5.41) is 12.3. The summed E-state index contributed by atoms with van der Waals surface area (Å²) in [6.45, 7) is 3.07.